The SMILES string of the molecule is C=CC[N+]1(CC(C)C)CC[C@]23c4c5c(O)cc(NC(=O)C(=Cc6ccccc6)C(F)(F)F)c4O[C@H]2CCC[C@H]3[C@H]1C5. The van der Waals surface area contributed by atoms with Crippen LogP contribution >= 0.6 is 0 Å². The van der Waals surface area contributed by atoms with Crippen LogP contribution in [0.3, 0.4) is 0 Å². The molecule has 1 unspecified atom stereocenters. The van der Waals surface area contributed by atoms with Gasteiger partial charge in [-0.3, -0.25) is 4.79 Å². The largest absolute Gasteiger partial charge is 0.508 e. The molecule has 2 aliphatic carbocycles. The first-order chi connectivity index (χ1) is 19.5. The summed E-state index contributed by atoms with van der Waals surface area (Å²) in [6.07, 6.45) is 2.33. The molecule has 2 N–H and O–H groups in total. The summed E-state index contributed by atoms with van der Waals surface area (Å²) in [5.41, 5.74) is 0.506. The average molecular weight is 568 g/mol. The molecule has 5 atom stereocenters. The van der Waals surface area contributed by atoms with E-state index in [-0.39, 0.29) is 28.5 Å². The van der Waals surface area contributed by atoms with Gasteiger partial charge in [0, 0.05) is 41.9 Å². The van der Waals surface area contributed by atoms with E-state index in [0.29, 0.717) is 30.0 Å². The summed E-state index contributed by atoms with van der Waals surface area (Å²) in [6, 6.07) is 9.65. The molecule has 2 aromatic rings. The van der Waals surface area contributed by atoms with Gasteiger partial charge in [0.1, 0.15) is 23.2 Å². The minimum atomic E-state index is -4.87. The lowest BCUT2D eigenvalue weighted by atomic mass is 9.51. The van der Waals surface area contributed by atoms with E-state index in [4.69, 9.17) is 4.74 Å². The molecule has 218 valence electrons. The monoisotopic (exact) mass is 567 g/mol. The molecule has 0 aromatic heterocycles. The van der Waals surface area contributed by atoms with Gasteiger partial charge in [0.2, 0.25) is 0 Å². The number of phenolic OH excluding ortho intramolecular Hbond substituents is 1. The second-order valence-corrected chi connectivity index (χ2v) is 12.7. The number of ether oxygens (including phenoxy) is 1. The van der Waals surface area contributed by atoms with E-state index in [2.05, 4.69) is 25.7 Å². The third-order valence-corrected chi connectivity index (χ3v) is 9.99. The summed E-state index contributed by atoms with van der Waals surface area (Å²) in [6.45, 7) is 11.4. The smallest absolute Gasteiger partial charge is 0.421 e. The van der Waals surface area contributed by atoms with Crippen LogP contribution in [-0.2, 0) is 16.6 Å². The van der Waals surface area contributed by atoms with Crippen molar-refractivity contribution in [2.24, 2.45) is 11.8 Å². The number of piperidine rings is 1. The highest BCUT2D eigenvalue weighted by Gasteiger charge is 2.68. The number of rotatable bonds is 7. The number of benzene rings is 2. The number of halogens is 3. The number of nitrogens with zero attached hydrogens (tertiary/aromatic N) is 1. The zero-order valence-corrected chi connectivity index (χ0v) is 23.6. The molecule has 1 spiro atoms. The van der Waals surface area contributed by atoms with Crippen molar-refractivity contribution in [1.29, 1.82) is 0 Å². The minimum Gasteiger partial charge on any atom is -0.508 e. The number of amides is 1. The molecule has 0 radical (unpaired) electrons. The Morgan fingerprint density at radius 2 is 2.02 bits per heavy atom. The van der Waals surface area contributed by atoms with E-state index in [1.165, 1.54) is 18.2 Å². The van der Waals surface area contributed by atoms with E-state index in [0.717, 1.165) is 67.0 Å². The van der Waals surface area contributed by atoms with E-state index in [1.807, 2.05) is 6.08 Å². The fourth-order valence-electron chi connectivity index (χ4n) is 8.73. The van der Waals surface area contributed by atoms with E-state index < -0.39 is 17.7 Å². The molecule has 1 amide bonds. The highest BCUT2D eigenvalue weighted by atomic mass is 19.4. The number of phenols is 1. The van der Waals surface area contributed by atoms with Crippen LogP contribution in [-0.4, -0.2) is 53.5 Å². The van der Waals surface area contributed by atoms with Gasteiger partial charge >= 0.3 is 6.18 Å². The lowest BCUT2D eigenvalue weighted by Gasteiger charge is -2.62. The predicted octanol–water partition coefficient (Wildman–Crippen LogP) is 6.76. The summed E-state index contributed by atoms with van der Waals surface area (Å²) in [7, 11) is 0. The van der Waals surface area contributed by atoms with E-state index in [1.54, 1.807) is 18.2 Å². The van der Waals surface area contributed by atoms with Crippen LogP contribution in [0.1, 0.15) is 56.2 Å². The Bertz CT molecular complexity index is 1400. The zero-order valence-electron chi connectivity index (χ0n) is 23.6. The van der Waals surface area contributed by atoms with Gasteiger partial charge in [-0.25, -0.2) is 0 Å². The number of quaternary nitrogens is 1. The second kappa shape index (κ2) is 9.93. The van der Waals surface area contributed by atoms with Gasteiger partial charge in [-0.1, -0.05) is 50.8 Å². The number of hydrogen-bond donors (Lipinski definition) is 2. The maximum absolute atomic E-state index is 14.1. The molecule has 1 saturated carbocycles. The fraction of sp³-hybridized carbons (Fsp3) is 0.485. The highest BCUT2D eigenvalue weighted by molar-refractivity contribution is 6.08. The topological polar surface area (TPSA) is 58.6 Å². The number of nitrogens with one attached hydrogen (secondary N) is 1. The van der Waals surface area contributed by atoms with Gasteiger partial charge in [-0.15, -0.1) is 0 Å². The Morgan fingerprint density at radius 1 is 1.27 bits per heavy atom. The van der Waals surface area contributed by atoms with Crippen molar-refractivity contribution in [3.05, 3.63) is 71.3 Å². The number of anilines is 1. The van der Waals surface area contributed by atoms with Gasteiger partial charge in [0.05, 0.1) is 36.8 Å². The van der Waals surface area contributed by atoms with Crippen LogP contribution in [0.15, 0.2) is 54.6 Å². The number of carbonyl (C=O) groups is 1. The van der Waals surface area contributed by atoms with Gasteiger partial charge in [-0.2, -0.15) is 13.2 Å². The molecule has 41 heavy (non-hydrogen) atoms. The Hall–Kier alpha value is -3.26. The van der Waals surface area contributed by atoms with Gasteiger partial charge in [-0.05, 0) is 37.0 Å². The second-order valence-electron chi connectivity index (χ2n) is 12.7. The first-order valence-electron chi connectivity index (χ1n) is 14.7. The zero-order chi connectivity index (χ0) is 29.2. The van der Waals surface area contributed by atoms with Gasteiger partial charge in [0.25, 0.3) is 5.91 Å². The normalized spacial score (nSPS) is 30.0. The number of aromatic hydroxyl groups is 1. The molecule has 2 aliphatic heterocycles. The van der Waals surface area contributed by atoms with Crippen LogP contribution in [0.5, 0.6) is 11.5 Å². The molecule has 1 saturated heterocycles. The predicted molar refractivity (Wildman–Crippen MR) is 153 cm³/mol. The summed E-state index contributed by atoms with van der Waals surface area (Å²) in [5.74, 6) is 0.00538. The number of hydrogen-bond acceptors (Lipinski definition) is 3. The first kappa shape index (κ1) is 27.9. The Labute approximate surface area is 239 Å². The van der Waals surface area contributed by atoms with Crippen LogP contribution < -0.4 is 10.1 Å². The van der Waals surface area contributed by atoms with Crippen molar-refractivity contribution >= 4 is 17.7 Å². The molecule has 2 bridgehead atoms. The third-order valence-electron chi connectivity index (χ3n) is 9.99. The quantitative estimate of drug-likeness (QED) is 0.221. The average Bonchev–Trinajstić information content (AvgIpc) is 3.25. The standard InChI is InChI=1S/C33H37F3N2O3/c1-4-14-38(19-20(2)3)15-13-32-23-11-8-12-28(32)41-30-25(18-27(39)22(29(30)32)17-26(23)38)37-31(40)24(33(34,35)36)16-21-9-6-5-7-10-21/h4-7,9-10,16,18,20,23,26,28H,1,8,11-15,17,19H2,2-3H3,(H-,37,39,40)/p+1/t23-,26+,28-,32+,38?/m0/s1. The number of alkyl halides is 3. The third kappa shape index (κ3) is 4.37. The molecule has 2 aromatic carbocycles. The Kier molecular flexibility index (Phi) is 6.76. The van der Waals surface area contributed by atoms with Crippen molar-refractivity contribution in [2.75, 3.05) is 25.0 Å². The maximum atomic E-state index is 14.1. The van der Waals surface area contributed by atoms with Crippen LogP contribution in [0, 0.1) is 11.8 Å². The summed E-state index contributed by atoms with van der Waals surface area (Å²) in [5, 5.41) is 13.9. The van der Waals surface area contributed by atoms with Gasteiger partial charge in [0.15, 0.2) is 0 Å². The van der Waals surface area contributed by atoms with E-state index in [9.17, 15) is 23.1 Å². The van der Waals surface area contributed by atoms with Crippen LogP contribution in [0.25, 0.3) is 6.08 Å². The summed E-state index contributed by atoms with van der Waals surface area (Å²) < 4.78 is 49.7. The number of carbonyl (C=O) groups excluding carboxylic acids is 1. The van der Waals surface area contributed by atoms with Gasteiger partial charge < -0.3 is 19.6 Å². The number of likely N-dealkylation sites (tertiary alicyclic amines) is 1. The highest BCUT2D eigenvalue weighted by Crippen LogP contribution is 2.66. The van der Waals surface area contributed by atoms with Crippen molar-refractivity contribution < 1.29 is 32.3 Å². The van der Waals surface area contributed by atoms with Crippen molar-refractivity contribution in [2.45, 2.75) is 69.7 Å². The molecular weight excluding hydrogens is 529 g/mol. The van der Waals surface area contributed by atoms with Crippen molar-refractivity contribution in [1.82, 2.24) is 0 Å². The molecule has 4 aliphatic rings. The lowest BCUT2D eigenvalue weighted by molar-refractivity contribution is -0.960. The van der Waals surface area contributed by atoms with E-state index >= 15 is 0 Å². The molecule has 5 nitrogen and oxygen atoms in total. The Morgan fingerprint density at radius 3 is 2.71 bits per heavy atom. The maximum Gasteiger partial charge on any atom is 0.421 e. The molecule has 6 rings (SSSR count). The lowest BCUT2D eigenvalue weighted by Crippen LogP contribution is -2.72. The van der Waals surface area contributed by atoms with Crippen molar-refractivity contribution in [3.8, 4) is 11.5 Å². The van der Waals surface area contributed by atoms with Crippen molar-refractivity contribution in [3.63, 3.8) is 0 Å². The van der Waals surface area contributed by atoms with Crippen LogP contribution in [0.2, 0.25) is 0 Å². The molecule has 2 heterocycles. The fourth-order valence-corrected chi connectivity index (χ4v) is 8.73. The first-order valence-corrected chi connectivity index (χ1v) is 14.7. The molecule has 8 heteroatoms. The molecule has 2 fully saturated rings. The van der Waals surface area contributed by atoms with Crippen LogP contribution in [0.4, 0.5) is 18.9 Å². The molecular formula is C33H38F3N2O3+. The Balaban J connectivity index is 1.43. The minimum absolute atomic E-state index is 0.0143. The summed E-state index contributed by atoms with van der Waals surface area (Å²) >= 11 is 0. The summed E-state index contributed by atoms with van der Waals surface area (Å²) in [4.78, 5) is 13.2.